The highest BCUT2D eigenvalue weighted by Crippen LogP contribution is 2.27. The Morgan fingerprint density at radius 3 is 2.61 bits per heavy atom. The van der Waals surface area contributed by atoms with Gasteiger partial charge in [0.2, 0.25) is 0 Å². The molecule has 3 rings (SSSR count). The minimum atomic E-state index is -0.598. The van der Waals surface area contributed by atoms with Gasteiger partial charge in [0.15, 0.2) is 10.6 Å². The predicted molar refractivity (Wildman–Crippen MR) is 85.6 cm³/mol. The molecule has 1 N–H and O–H groups in total. The summed E-state index contributed by atoms with van der Waals surface area (Å²) in [6, 6.07) is 8.79. The van der Waals surface area contributed by atoms with Gasteiger partial charge >= 0.3 is 5.97 Å². The number of nitrogens with one attached hydrogen (secondary N) is 1. The minimum Gasteiger partial charge on any atom is -0.465 e. The molecule has 118 valence electrons. The first kappa shape index (κ1) is 15.6. The lowest BCUT2D eigenvalue weighted by Crippen LogP contribution is -2.25. The second kappa shape index (κ2) is 6.42. The smallest absolute Gasteiger partial charge is 0.338 e. The second-order valence-corrected chi connectivity index (χ2v) is 6.75. The molecule has 0 bridgehead atoms. The summed E-state index contributed by atoms with van der Waals surface area (Å²) in [6.45, 7) is 0. The molecule has 2 aromatic rings. The minimum absolute atomic E-state index is 0.414. The summed E-state index contributed by atoms with van der Waals surface area (Å²) in [5, 5.41) is 0. The van der Waals surface area contributed by atoms with Crippen LogP contribution in [0.5, 0.6) is 0 Å². The van der Waals surface area contributed by atoms with Crippen molar-refractivity contribution in [2.45, 2.75) is 10.6 Å². The van der Waals surface area contributed by atoms with Crippen molar-refractivity contribution in [2.24, 2.45) is 0 Å². The van der Waals surface area contributed by atoms with E-state index in [0.29, 0.717) is 16.9 Å². The summed E-state index contributed by atoms with van der Waals surface area (Å²) in [5.41, 5.74) is 1.98. The van der Waals surface area contributed by atoms with Crippen molar-refractivity contribution in [3.8, 4) is 0 Å². The van der Waals surface area contributed by atoms with E-state index >= 15 is 0 Å². The summed E-state index contributed by atoms with van der Waals surface area (Å²) >= 11 is -0.494. The van der Waals surface area contributed by atoms with Crippen LogP contribution in [0, 0.1) is 11.6 Å². The average molecular weight is 334 g/mol. The molecule has 0 spiro atoms. The van der Waals surface area contributed by atoms with Gasteiger partial charge in [0.25, 0.3) is 0 Å². The van der Waals surface area contributed by atoms with Crippen molar-refractivity contribution in [2.75, 3.05) is 7.11 Å². The zero-order chi connectivity index (χ0) is 16.4. The molecule has 1 unspecified atom stereocenters. The van der Waals surface area contributed by atoms with Crippen LogP contribution in [0.15, 0.2) is 47.5 Å². The van der Waals surface area contributed by atoms with E-state index < -0.39 is 28.7 Å². The van der Waals surface area contributed by atoms with E-state index in [0.717, 1.165) is 16.5 Å². The number of carbonyl (C=O) groups is 1. The molecule has 1 heterocycles. The van der Waals surface area contributed by atoms with E-state index in [1.807, 2.05) is 12.1 Å². The fraction of sp³-hybridized carbons (Fsp3) is 0.118. The number of benzene rings is 2. The molecular formula is C17H14F2NO2S+. The van der Waals surface area contributed by atoms with Crippen LogP contribution >= 0.6 is 0 Å². The molecule has 1 aliphatic heterocycles. The molecule has 1 aliphatic rings. The highest BCUT2D eigenvalue weighted by atomic mass is 32.2. The molecule has 0 radical (unpaired) electrons. The summed E-state index contributed by atoms with van der Waals surface area (Å²) in [6.07, 6.45) is 3.70. The molecule has 1 atom stereocenters. The molecule has 0 saturated carbocycles. The third kappa shape index (κ3) is 3.37. The maximum Gasteiger partial charge on any atom is 0.338 e. The Morgan fingerprint density at radius 2 is 1.91 bits per heavy atom. The van der Waals surface area contributed by atoms with E-state index in [1.54, 1.807) is 18.3 Å². The Hall–Kier alpha value is -2.34. The third-order valence-corrected chi connectivity index (χ3v) is 5.33. The SMILES string of the molecule is COC(=O)c1ccc2c(c1)[S+](Cc1cc(F)cc(F)c1)NC=C2. The molecule has 3 nitrogen and oxygen atoms in total. The Morgan fingerprint density at radius 1 is 1.17 bits per heavy atom. The van der Waals surface area contributed by atoms with Crippen molar-refractivity contribution in [3.05, 3.63) is 70.9 Å². The van der Waals surface area contributed by atoms with Gasteiger partial charge in [0.1, 0.15) is 22.7 Å². The monoisotopic (exact) mass is 334 g/mol. The molecule has 0 saturated heterocycles. The predicted octanol–water partition coefficient (Wildman–Crippen LogP) is 3.42. The lowest BCUT2D eigenvalue weighted by molar-refractivity contribution is 0.0600. The van der Waals surface area contributed by atoms with Crippen LogP contribution in [-0.4, -0.2) is 13.1 Å². The van der Waals surface area contributed by atoms with Crippen LogP contribution in [0.3, 0.4) is 0 Å². The Balaban J connectivity index is 1.93. The number of rotatable bonds is 3. The summed E-state index contributed by atoms with van der Waals surface area (Å²) < 4.78 is 34.7. The Kier molecular flexibility index (Phi) is 4.34. The zero-order valence-electron chi connectivity index (χ0n) is 12.3. The number of carbonyl (C=O) groups excluding carboxylic acids is 1. The van der Waals surface area contributed by atoms with Crippen molar-refractivity contribution in [1.82, 2.24) is 4.72 Å². The van der Waals surface area contributed by atoms with Gasteiger partial charge in [0, 0.05) is 29.5 Å². The maximum absolute atomic E-state index is 13.4. The largest absolute Gasteiger partial charge is 0.465 e. The molecular weight excluding hydrogens is 320 g/mol. The highest BCUT2D eigenvalue weighted by molar-refractivity contribution is 7.94. The van der Waals surface area contributed by atoms with E-state index in [-0.39, 0.29) is 0 Å². The van der Waals surface area contributed by atoms with Crippen LogP contribution in [-0.2, 0) is 21.6 Å². The summed E-state index contributed by atoms with van der Waals surface area (Å²) in [4.78, 5) is 12.6. The van der Waals surface area contributed by atoms with E-state index in [4.69, 9.17) is 4.74 Å². The van der Waals surface area contributed by atoms with E-state index in [9.17, 15) is 13.6 Å². The van der Waals surface area contributed by atoms with Gasteiger partial charge in [-0.05, 0) is 30.3 Å². The Labute approximate surface area is 135 Å². The number of halogens is 2. The Bertz CT molecular complexity index is 772. The van der Waals surface area contributed by atoms with E-state index in [2.05, 4.69) is 4.72 Å². The molecule has 23 heavy (non-hydrogen) atoms. The van der Waals surface area contributed by atoms with Crippen molar-refractivity contribution in [1.29, 1.82) is 0 Å². The number of hydrogen-bond acceptors (Lipinski definition) is 3. The number of fused-ring (bicyclic) bond motifs is 1. The van der Waals surface area contributed by atoms with Crippen molar-refractivity contribution < 1.29 is 18.3 Å². The topological polar surface area (TPSA) is 38.3 Å². The van der Waals surface area contributed by atoms with Gasteiger partial charge in [-0.15, -0.1) is 0 Å². The number of esters is 1. The first-order valence-corrected chi connectivity index (χ1v) is 8.27. The van der Waals surface area contributed by atoms with Gasteiger partial charge in [-0.25, -0.2) is 18.3 Å². The molecule has 0 aliphatic carbocycles. The van der Waals surface area contributed by atoms with Crippen LogP contribution < -0.4 is 4.72 Å². The number of ether oxygens (including phenoxy) is 1. The van der Waals surface area contributed by atoms with Gasteiger partial charge in [-0.2, -0.15) is 0 Å². The normalized spacial score (nSPS) is 15.7. The second-order valence-electron chi connectivity index (χ2n) is 5.01. The van der Waals surface area contributed by atoms with Crippen LogP contribution in [0.1, 0.15) is 21.5 Å². The molecule has 0 amide bonds. The average Bonchev–Trinajstić information content (AvgIpc) is 2.53. The lowest BCUT2D eigenvalue weighted by atomic mass is 10.1. The standard InChI is InChI=1S/C17H13F2NO2S/c1-22-17(21)13-3-2-12-4-5-20-23(16(12)8-13)10-11-6-14(18)9-15(19)7-11/h2-9H,10H2,1H3/p+1. The maximum atomic E-state index is 13.4. The van der Waals surface area contributed by atoms with Gasteiger partial charge in [-0.1, -0.05) is 0 Å². The van der Waals surface area contributed by atoms with E-state index in [1.165, 1.54) is 19.2 Å². The molecule has 6 heteroatoms. The molecule has 0 aromatic heterocycles. The molecule has 0 fully saturated rings. The lowest BCUT2D eigenvalue weighted by Gasteiger charge is -2.14. The van der Waals surface area contributed by atoms with Crippen LogP contribution in [0.2, 0.25) is 0 Å². The fourth-order valence-electron chi connectivity index (χ4n) is 2.38. The number of methoxy groups -OCH3 is 1. The third-order valence-electron chi connectivity index (χ3n) is 3.41. The fourth-order valence-corrected chi connectivity index (χ4v) is 4.17. The van der Waals surface area contributed by atoms with Gasteiger partial charge in [0.05, 0.1) is 12.7 Å². The summed E-state index contributed by atoms with van der Waals surface area (Å²) in [5.74, 6) is -1.18. The molecule has 2 aromatic carbocycles. The van der Waals surface area contributed by atoms with Crippen LogP contribution in [0.4, 0.5) is 8.78 Å². The first-order chi connectivity index (χ1) is 11.1. The quantitative estimate of drug-likeness (QED) is 0.690. The van der Waals surface area contributed by atoms with Gasteiger partial charge in [-0.3, -0.25) is 0 Å². The first-order valence-electron chi connectivity index (χ1n) is 6.88. The summed E-state index contributed by atoms with van der Waals surface area (Å²) in [7, 11) is 1.33. The van der Waals surface area contributed by atoms with Gasteiger partial charge < -0.3 is 4.74 Å². The number of hydrogen-bond donors (Lipinski definition) is 1. The highest BCUT2D eigenvalue weighted by Gasteiger charge is 2.29. The van der Waals surface area contributed by atoms with Crippen molar-refractivity contribution >= 4 is 23.1 Å². The van der Waals surface area contributed by atoms with Crippen LogP contribution in [0.25, 0.3) is 6.08 Å². The van der Waals surface area contributed by atoms with Crippen molar-refractivity contribution in [3.63, 3.8) is 0 Å². The zero-order valence-corrected chi connectivity index (χ0v) is 13.1.